The minimum atomic E-state index is -0.391. The molecule has 5 nitrogen and oxygen atoms in total. The summed E-state index contributed by atoms with van der Waals surface area (Å²) in [5, 5.41) is 12.4. The number of aryl methyl sites for hydroxylation is 2. The molecule has 2 aromatic carbocycles. The molecule has 0 aliphatic carbocycles. The molecule has 0 bridgehead atoms. The third-order valence-corrected chi connectivity index (χ3v) is 3.69. The Morgan fingerprint density at radius 3 is 2.84 bits per heavy atom. The van der Waals surface area contributed by atoms with Crippen LogP contribution in [-0.4, -0.2) is 16.0 Å². The lowest BCUT2D eigenvalue weighted by molar-refractivity contribution is -0.116. The van der Waals surface area contributed by atoms with Gasteiger partial charge in [0.1, 0.15) is 11.6 Å². The number of nitrogens with zero attached hydrogens (tertiary/aromatic N) is 1. The monoisotopic (exact) mass is 340 g/mol. The van der Waals surface area contributed by atoms with Gasteiger partial charge in [0, 0.05) is 12.8 Å². The van der Waals surface area contributed by atoms with Gasteiger partial charge in [-0.15, -0.1) is 0 Å². The normalized spacial score (nSPS) is 10.6. The SMILES string of the molecule is Cc1ccc(NC(=O)CCc2ncc(-c3ccccc3F)o2)c(O)c1. The van der Waals surface area contributed by atoms with Gasteiger partial charge in [0.2, 0.25) is 5.91 Å². The molecule has 6 heteroatoms. The number of phenolic OH excluding ortho intramolecular Hbond substituents is 1. The summed E-state index contributed by atoms with van der Waals surface area (Å²) in [6, 6.07) is 11.3. The maximum Gasteiger partial charge on any atom is 0.224 e. The van der Waals surface area contributed by atoms with E-state index >= 15 is 0 Å². The lowest BCUT2D eigenvalue weighted by Crippen LogP contribution is -2.12. The summed E-state index contributed by atoms with van der Waals surface area (Å²) in [6.45, 7) is 1.85. The van der Waals surface area contributed by atoms with Crippen LogP contribution >= 0.6 is 0 Å². The fourth-order valence-corrected chi connectivity index (χ4v) is 2.39. The van der Waals surface area contributed by atoms with E-state index in [4.69, 9.17) is 4.42 Å². The molecule has 0 aliphatic heterocycles. The van der Waals surface area contributed by atoms with Crippen molar-refractivity contribution < 1.29 is 18.7 Å². The molecule has 1 aromatic heterocycles. The highest BCUT2D eigenvalue weighted by molar-refractivity contribution is 5.92. The Kier molecular flexibility index (Phi) is 4.79. The van der Waals surface area contributed by atoms with Gasteiger partial charge >= 0.3 is 0 Å². The van der Waals surface area contributed by atoms with Crippen LogP contribution in [0.4, 0.5) is 10.1 Å². The Hall–Kier alpha value is -3.15. The fourth-order valence-electron chi connectivity index (χ4n) is 2.39. The zero-order chi connectivity index (χ0) is 17.8. The van der Waals surface area contributed by atoms with Crippen LogP contribution in [0.15, 0.2) is 53.1 Å². The smallest absolute Gasteiger partial charge is 0.224 e. The minimum Gasteiger partial charge on any atom is -0.506 e. The summed E-state index contributed by atoms with van der Waals surface area (Å²) < 4.78 is 19.2. The summed E-state index contributed by atoms with van der Waals surface area (Å²) in [4.78, 5) is 16.1. The van der Waals surface area contributed by atoms with Crippen molar-refractivity contribution in [3.05, 3.63) is 65.9 Å². The number of anilines is 1. The molecule has 0 saturated carbocycles. The van der Waals surface area contributed by atoms with Gasteiger partial charge in [-0.25, -0.2) is 9.37 Å². The fraction of sp³-hybridized carbons (Fsp3) is 0.158. The topological polar surface area (TPSA) is 75.4 Å². The van der Waals surface area contributed by atoms with Crippen molar-refractivity contribution in [1.29, 1.82) is 0 Å². The van der Waals surface area contributed by atoms with Crippen molar-refractivity contribution in [1.82, 2.24) is 4.98 Å². The Labute approximate surface area is 144 Å². The van der Waals surface area contributed by atoms with E-state index < -0.39 is 5.82 Å². The number of aromatic nitrogens is 1. The van der Waals surface area contributed by atoms with Crippen LogP contribution in [0.2, 0.25) is 0 Å². The van der Waals surface area contributed by atoms with Crippen LogP contribution in [-0.2, 0) is 11.2 Å². The molecule has 25 heavy (non-hydrogen) atoms. The van der Waals surface area contributed by atoms with Crippen LogP contribution < -0.4 is 5.32 Å². The average Bonchev–Trinajstić information content (AvgIpc) is 3.05. The molecule has 3 rings (SSSR count). The molecule has 1 amide bonds. The molecular weight excluding hydrogens is 323 g/mol. The number of rotatable bonds is 5. The number of amides is 1. The number of benzene rings is 2. The molecule has 3 aromatic rings. The Bertz CT molecular complexity index is 905. The summed E-state index contributed by atoms with van der Waals surface area (Å²) in [5.74, 6) is 0.0279. The number of hydrogen-bond donors (Lipinski definition) is 2. The number of hydrogen-bond acceptors (Lipinski definition) is 4. The largest absolute Gasteiger partial charge is 0.506 e. The van der Waals surface area contributed by atoms with Crippen molar-refractivity contribution in [2.75, 3.05) is 5.32 Å². The zero-order valence-electron chi connectivity index (χ0n) is 13.6. The molecule has 0 aliphatic rings. The number of phenols is 1. The molecule has 0 atom stereocenters. The van der Waals surface area contributed by atoms with E-state index in [1.807, 2.05) is 6.92 Å². The molecule has 2 N–H and O–H groups in total. The van der Waals surface area contributed by atoms with Gasteiger partial charge in [-0.3, -0.25) is 4.79 Å². The van der Waals surface area contributed by atoms with E-state index in [1.54, 1.807) is 36.4 Å². The quantitative estimate of drug-likeness (QED) is 0.687. The second-order valence-electron chi connectivity index (χ2n) is 5.67. The zero-order valence-corrected chi connectivity index (χ0v) is 13.6. The van der Waals surface area contributed by atoms with E-state index in [9.17, 15) is 14.3 Å². The molecular formula is C19H17FN2O3. The maximum atomic E-state index is 13.7. The van der Waals surface area contributed by atoms with Gasteiger partial charge in [-0.2, -0.15) is 0 Å². The van der Waals surface area contributed by atoms with Crippen LogP contribution in [0.3, 0.4) is 0 Å². The van der Waals surface area contributed by atoms with E-state index in [0.29, 0.717) is 22.9 Å². The summed E-state index contributed by atoms with van der Waals surface area (Å²) in [6.07, 6.45) is 1.84. The standard InChI is InChI=1S/C19H17FN2O3/c1-12-6-7-15(16(23)10-12)22-18(24)8-9-19-21-11-17(25-19)13-4-2-3-5-14(13)20/h2-7,10-11,23H,8-9H2,1H3,(H,22,24). The number of carbonyl (C=O) groups is 1. The third kappa shape index (κ3) is 4.03. The lowest BCUT2D eigenvalue weighted by Gasteiger charge is -2.07. The Balaban J connectivity index is 1.60. The Morgan fingerprint density at radius 2 is 2.08 bits per heavy atom. The first kappa shape index (κ1) is 16.7. The highest BCUT2D eigenvalue weighted by Crippen LogP contribution is 2.25. The summed E-state index contributed by atoms with van der Waals surface area (Å²) in [5.41, 5.74) is 1.58. The number of carbonyl (C=O) groups excluding carboxylic acids is 1. The van der Waals surface area contributed by atoms with Gasteiger partial charge < -0.3 is 14.8 Å². The number of aromatic hydroxyl groups is 1. The maximum absolute atomic E-state index is 13.7. The second-order valence-corrected chi connectivity index (χ2v) is 5.67. The highest BCUT2D eigenvalue weighted by atomic mass is 19.1. The first-order valence-corrected chi connectivity index (χ1v) is 7.82. The van der Waals surface area contributed by atoms with E-state index in [0.717, 1.165) is 5.56 Å². The molecule has 0 radical (unpaired) electrons. The molecule has 0 saturated heterocycles. The van der Waals surface area contributed by atoms with Gasteiger partial charge in [-0.05, 0) is 36.8 Å². The number of nitrogens with one attached hydrogen (secondary N) is 1. The Morgan fingerprint density at radius 1 is 1.28 bits per heavy atom. The third-order valence-electron chi connectivity index (χ3n) is 3.69. The van der Waals surface area contributed by atoms with Gasteiger partial charge in [-0.1, -0.05) is 18.2 Å². The highest BCUT2D eigenvalue weighted by Gasteiger charge is 2.12. The van der Waals surface area contributed by atoms with Crippen molar-refractivity contribution >= 4 is 11.6 Å². The number of oxazole rings is 1. The van der Waals surface area contributed by atoms with Crippen LogP contribution in [0, 0.1) is 12.7 Å². The molecule has 0 fully saturated rings. The molecule has 0 unspecified atom stereocenters. The molecule has 1 heterocycles. The van der Waals surface area contributed by atoms with Crippen molar-refractivity contribution in [3.63, 3.8) is 0 Å². The van der Waals surface area contributed by atoms with Crippen molar-refractivity contribution in [2.24, 2.45) is 0 Å². The number of halogens is 1. The predicted octanol–water partition coefficient (Wildman–Crippen LogP) is 4.07. The van der Waals surface area contributed by atoms with E-state index in [2.05, 4.69) is 10.3 Å². The van der Waals surface area contributed by atoms with E-state index in [1.165, 1.54) is 12.3 Å². The van der Waals surface area contributed by atoms with Crippen LogP contribution in [0.25, 0.3) is 11.3 Å². The van der Waals surface area contributed by atoms with Gasteiger partial charge in [0.25, 0.3) is 0 Å². The molecule has 0 spiro atoms. The summed E-state index contributed by atoms with van der Waals surface area (Å²) >= 11 is 0. The lowest BCUT2D eigenvalue weighted by atomic mass is 10.2. The van der Waals surface area contributed by atoms with Crippen LogP contribution in [0.5, 0.6) is 5.75 Å². The van der Waals surface area contributed by atoms with Crippen LogP contribution in [0.1, 0.15) is 17.9 Å². The van der Waals surface area contributed by atoms with Crippen molar-refractivity contribution in [3.8, 4) is 17.1 Å². The minimum absolute atomic E-state index is 0.0197. The molecule has 128 valence electrons. The predicted molar refractivity (Wildman–Crippen MR) is 91.7 cm³/mol. The first-order chi connectivity index (χ1) is 12.0. The summed E-state index contributed by atoms with van der Waals surface area (Å²) in [7, 11) is 0. The average molecular weight is 340 g/mol. The van der Waals surface area contributed by atoms with Crippen molar-refractivity contribution in [2.45, 2.75) is 19.8 Å². The van der Waals surface area contributed by atoms with Gasteiger partial charge in [0.15, 0.2) is 11.7 Å². The second kappa shape index (κ2) is 7.17. The van der Waals surface area contributed by atoms with E-state index in [-0.39, 0.29) is 24.5 Å². The first-order valence-electron chi connectivity index (χ1n) is 7.82. The van der Waals surface area contributed by atoms with Gasteiger partial charge in [0.05, 0.1) is 17.4 Å².